The molecule has 0 saturated carbocycles. The predicted molar refractivity (Wildman–Crippen MR) is 127 cm³/mol. The second-order valence-corrected chi connectivity index (χ2v) is 10.5. The molecule has 158 valence electrons. The number of aryl methyl sites for hydroxylation is 1. The molecule has 0 aliphatic carbocycles. The van der Waals surface area contributed by atoms with Gasteiger partial charge in [-0.2, -0.15) is 0 Å². The summed E-state index contributed by atoms with van der Waals surface area (Å²) in [6.45, 7) is 1.90. The lowest BCUT2D eigenvalue weighted by atomic mass is 10.2. The van der Waals surface area contributed by atoms with Gasteiger partial charge in [0.25, 0.3) is 10.0 Å². The number of rotatable bonds is 7. The van der Waals surface area contributed by atoms with Crippen molar-refractivity contribution in [2.24, 2.45) is 0 Å². The van der Waals surface area contributed by atoms with Gasteiger partial charge in [-0.15, -0.1) is 11.8 Å². The molecule has 0 bridgehead atoms. The van der Waals surface area contributed by atoms with Crippen LogP contribution in [0.15, 0.2) is 82.6 Å². The van der Waals surface area contributed by atoms with Crippen LogP contribution in [0, 0.1) is 6.92 Å². The van der Waals surface area contributed by atoms with Gasteiger partial charge in [0.2, 0.25) is 5.91 Å². The van der Waals surface area contributed by atoms with Gasteiger partial charge in [0.1, 0.15) is 0 Å². The number of hydrogen-bond acceptors (Lipinski definition) is 6. The molecular formula is C22H19N3O3S3. The average Bonchev–Trinajstić information content (AvgIpc) is 3.15. The minimum atomic E-state index is -3.64. The third kappa shape index (κ3) is 5.43. The van der Waals surface area contributed by atoms with E-state index in [1.165, 1.54) is 23.1 Å². The van der Waals surface area contributed by atoms with Gasteiger partial charge < -0.3 is 5.32 Å². The lowest BCUT2D eigenvalue weighted by molar-refractivity contribution is -0.113. The zero-order valence-electron chi connectivity index (χ0n) is 16.5. The fourth-order valence-corrected chi connectivity index (χ4v) is 5.42. The highest BCUT2D eigenvalue weighted by Crippen LogP contribution is 2.26. The van der Waals surface area contributed by atoms with Gasteiger partial charge >= 0.3 is 0 Å². The normalized spacial score (nSPS) is 11.4. The van der Waals surface area contributed by atoms with Gasteiger partial charge in [0.05, 0.1) is 20.9 Å². The van der Waals surface area contributed by atoms with Crippen molar-refractivity contribution in [2.75, 3.05) is 15.8 Å². The average molecular weight is 470 g/mol. The SMILES string of the molecule is Cc1ccc(S(=O)(=O)Nc2ccc(SCC(=O)Nc3nc4ccccc4s3)cc2)cc1. The molecule has 0 spiro atoms. The van der Waals surface area contributed by atoms with Crippen LogP contribution in [-0.2, 0) is 14.8 Å². The van der Waals surface area contributed by atoms with Crippen LogP contribution in [0.5, 0.6) is 0 Å². The van der Waals surface area contributed by atoms with Crippen LogP contribution in [-0.4, -0.2) is 25.1 Å². The maximum atomic E-state index is 12.5. The standard InChI is InChI=1S/C22H19N3O3S3/c1-15-6-12-18(13-7-15)31(27,28)25-16-8-10-17(11-9-16)29-14-21(26)24-22-23-19-4-2-3-5-20(19)30-22/h2-13,25H,14H2,1H3,(H,23,24,26). The number of amides is 1. The van der Waals surface area contributed by atoms with Gasteiger partial charge in [0.15, 0.2) is 5.13 Å². The number of thiazole rings is 1. The zero-order valence-corrected chi connectivity index (χ0v) is 19.0. The van der Waals surface area contributed by atoms with Crippen LogP contribution in [0.4, 0.5) is 10.8 Å². The molecule has 2 N–H and O–H groups in total. The number of hydrogen-bond donors (Lipinski definition) is 2. The summed E-state index contributed by atoms with van der Waals surface area (Å²) in [7, 11) is -3.64. The Bertz CT molecular complexity index is 1280. The van der Waals surface area contributed by atoms with Crippen molar-refractivity contribution in [2.45, 2.75) is 16.7 Å². The van der Waals surface area contributed by atoms with E-state index in [1.807, 2.05) is 31.2 Å². The molecule has 1 amide bonds. The molecule has 0 saturated heterocycles. The van der Waals surface area contributed by atoms with Crippen LogP contribution in [0.25, 0.3) is 10.2 Å². The van der Waals surface area contributed by atoms with Crippen LogP contribution >= 0.6 is 23.1 Å². The van der Waals surface area contributed by atoms with Gasteiger partial charge in [-0.1, -0.05) is 41.2 Å². The summed E-state index contributed by atoms with van der Waals surface area (Å²) in [5.41, 5.74) is 2.32. The summed E-state index contributed by atoms with van der Waals surface area (Å²) in [6, 6.07) is 21.3. The van der Waals surface area contributed by atoms with Crippen molar-refractivity contribution in [3.63, 3.8) is 0 Å². The Morgan fingerprint density at radius 1 is 1.00 bits per heavy atom. The second kappa shape index (κ2) is 9.09. The first-order valence-corrected chi connectivity index (χ1v) is 12.7. The van der Waals surface area contributed by atoms with E-state index in [1.54, 1.807) is 48.5 Å². The van der Waals surface area contributed by atoms with Crippen LogP contribution in [0.1, 0.15) is 5.56 Å². The number of nitrogens with one attached hydrogen (secondary N) is 2. The molecule has 3 aromatic carbocycles. The Balaban J connectivity index is 1.32. The number of benzene rings is 3. The van der Waals surface area contributed by atoms with E-state index in [9.17, 15) is 13.2 Å². The zero-order chi connectivity index (χ0) is 21.8. The van der Waals surface area contributed by atoms with E-state index in [4.69, 9.17) is 0 Å². The molecule has 1 aromatic heterocycles. The molecule has 0 aliphatic rings. The van der Waals surface area contributed by atoms with E-state index in [0.29, 0.717) is 10.8 Å². The first-order chi connectivity index (χ1) is 14.9. The number of carbonyl (C=O) groups is 1. The Morgan fingerprint density at radius 2 is 1.71 bits per heavy atom. The molecule has 31 heavy (non-hydrogen) atoms. The Labute approximate surface area is 188 Å². The predicted octanol–water partition coefficient (Wildman–Crippen LogP) is 5.14. The largest absolute Gasteiger partial charge is 0.301 e. The number of thioether (sulfide) groups is 1. The van der Waals surface area contributed by atoms with Crippen LogP contribution in [0.3, 0.4) is 0 Å². The fraction of sp³-hybridized carbons (Fsp3) is 0.0909. The maximum Gasteiger partial charge on any atom is 0.261 e. The van der Waals surface area contributed by atoms with Gasteiger partial charge in [-0.05, 0) is 55.5 Å². The van der Waals surface area contributed by atoms with Gasteiger partial charge in [0, 0.05) is 10.6 Å². The maximum absolute atomic E-state index is 12.5. The Kier molecular flexibility index (Phi) is 6.26. The number of carbonyl (C=O) groups excluding carboxylic acids is 1. The number of para-hydroxylation sites is 1. The summed E-state index contributed by atoms with van der Waals surface area (Å²) >= 11 is 2.80. The summed E-state index contributed by atoms with van der Waals surface area (Å²) in [4.78, 5) is 17.7. The molecule has 0 radical (unpaired) electrons. The van der Waals surface area contributed by atoms with Crippen molar-refractivity contribution in [3.05, 3.63) is 78.4 Å². The minimum absolute atomic E-state index is 0.145. The Hall–Kier alpha value is -2.88. The molecule has 9 heteroatoms. The molecule has 6 nitrogen and oxygen atoms in total. The van der Waals surface area contributed by atoms with Crippen LogP contribution in [0.2, 0.25) is 0 Å². The van der Waals surface area contributed by atoms with E-state index in [2.05, 4.69) is 15.0 Å². The highest BCUT2D eigenvalue weighted by atomic mass is 32.2. The summed E-state index contributed by atoms with van der Waals surface area (Å²) in [5, 5.41) is 3.40. The monoisotopic (exact) mass is 469 g/mol. The lowest BCUT2D eigenvalue weighted by Gasteiger charge is -2.09. The molecule has 4 rings (SSSR count). The van der Waals surface area contributed by atoms with Gasteiger partial charge in [-0.25, -0.2) is 13.4 Å². The topological polar surface area (TPSA) is 88.2 Å². The number of fused-ring (bicyclic) bond motifs is 1. The quantitative estimate of drug-likeness (QED) is 0.366. The van der Waals surface area contributed by atoms with Crippen molar-refractivity contribution in [1.82, 2.24) is 4.98 Å². The Morgan fingerprint density at radius 3 is 2.42 bits per heavy atom. The molecular weight excluding hydrogens is 450 g/mol. The van der Waals surface area contributed by atoms with Gasteiger partial charge in [-0.3, -0.25) is 9.52 Å². The minimum Gasteiger partial charge on any atom is -0.301 e. The molecule has 0 atom stereocenters. The van der Waals surface area contributed by atoms with Crippen molar-refractivity contribution in [1.29, 1.82) is 0 Å². The third-order valence-corrected chi connectivity index (χ3v) is 7.71. The summed E-state index contributed by atoms with van der Waals surface area (Å²) in [6.07, 6.45) is 0. The van der Waals surface area contributed by atoms with E-state index >= 15 is 0 Å². The molecule has 0 fully saturated rings. The number of anilines is 2. The number of aromatic nitrogens is 1. The van der Waals surface area contributed by atoms with Crippen molar-refractivity contribution in [3.8, 4) is 0 Å². The molecule has 0 aliphatic heterocycles. The van der Waals surface area contributed by atoms with Crippen LogP contribution < -0.4 is 10.0 Å². The van der Waals surface area contributed by atoms with E-state index in [-0.39, 0.29) is 16.6 Å². The summed E-state index contributed by atoms with van der Waals surface area (Å²) in [5.74, 6) is 0.0814. The second-order valence-electron chi connectivity index (χ2n) is 6.77. The summed E-state index contributed by atoms with van der Waals surface area (Å²) < 4.78 is 28.5. The third-order valence-electron chi connectivity index (χ3n) is 4.35. The molecule has 4 aromatic rings. The van der Waals surface area contributed by atoms with E-state index in [0.717, 1.165) is 20.7 Å². The number of nitrogens with zero attached hydrogens (tertiary/aromatic N) is 1. The van der Waals surface area contributed by atoms with Crippen molar-refractivity contribution >= 4 is 60.1 Å². The van der Waals surface area contributed by atoms with Crippen molar-refractivity contribution < 1.29 is 13.2 Å². The van der Waals surface area contributed by atoms with E-state index < -0.39 is 10.0 Å². The molecule has 1 heterocycles. The first kappa shape index (κ1) is 21.4. The lowest BCUT2D eigenvalue weighted by Crippen LogP contribution is -2.14. The molecule has 0 unspecified atom stereocenters. The highest BCUT2D eigenvalue weighted by Gasteiger charge is 2.14. The number of sulfonamides is 1. The first-order valence-electron chi connectivity index (χ1n) is 9.37. The smallest absolute Gasteiger partial charge is 0.261 e. The highest BCUT2D eigenvalue weighted by molar-refractivity contribution is 8.00. The fourth-order valence-electron chi connectivity index (χ4n) is 2.78.